The van der Waals surface area contributed by atoms with Crippen molar-refractivity contribution in [1.29, 1.82) is 0 Å². The molecule has 0 radical (unpaired) electrons. The van der Waals surface area contributed by atoms with Crippen LogP contribution in [0.25, 0.3) is 0 Å². The fraction of sp³-hybridized carbons (Fsp3) is 0.400. The van der Waals surface area contributed by atoms with E-state index in [1.165, 1.54) is 0 Å². The summed E-state index contributed by atoms with van der Waals surface area (Å²) in [6.07, 6.45) is 3.45. The lowest BCUT2D eigenvalue weighted by Gasteiger charge is -2.38. The molecule has 7 nitrogen and oxygen atoms in total. The molecule has 1 saturated carbocycles. The van der Waals surface area contributed by atoms with E-state index in [9.17, 15) is 14.4 Å². The zero-order valence-corrected chi connectivity index (χ0v) is 18.1. The van der Waals surface area contributed by atoms with Crippen molar-refractivity contribution in [2.24, 2.45) is 5.92 Å². The number of benzene rings is 2. The Morgan fingerprint density at radius 2 is 1.84 bits per heavy atom. The number of nitrogens with one attached hydrogen (secondary N) is 1. The van der Waals surface area contributed by atoms with Crippen molar-refractivity contribution in [3.05, 3.63) is 60.2 Å². The van der Waals surface area contributed by atoms with Crippen molar-refractivity contribution in [3.63, 3.8) is 0 Å². The number of carbonyl (C=O) groups excluding carboxylic acids is 3. The SMILES string of the molecule is C[C@@H]1CCCC[C@]12NC(=O)N(CC(=O)N1c3ccccc3OC[C@H]1c1ccccc1)C2=O. The average molecular weight is 434 g/mol. The summed E-state index contributed by atoms with van der Waals surface area (Å²) in [5.74, 6) is 0.0797. The van der Waals surface area contributed by atoms with E-state index in [1.807, 2.05) is 61.5 Å². The number of para-hydroxylation sites is 2. The van der Waals surface area contributed by atoms with Crippen LogP contribution in [-0.4, -0.2) is 41.4 Å². The van der Waals surface area contributed by atoms with Crippen LogP contribution >= 0.6 is 0 Å². The number of rotatable bonds is 3. The molecule has 0 aromatic heterocycles. The van der Waals surface area contributed by atoms with Crippen LogP contribution in [0.3, 0.4) is 0 Å². The molecule has 3 atom stereocenters. The van der Waals surface area contributed by atoms with Gasteiger partial charge in [0.1, 0.15) is 24.4 Å². The molecule has 2 fully saturated rings. The number of fused-ring (bicyclic) bond motifs is 1. The van der Waals surface area contributed by atoms with Crippen LogP contribution in [-0.2, 0) is 9.59 Å². The monoisotopic (exact) mass is 433 g/mol. The Bertz CT molecular complexity index is 1060. The first-order valence-corrected chi connectivity index (χ1v) is 11.2. The Morgan fingerprint density at radius 3 is 2.62 bits per heavy atom. The van der Waals surface area contributed by atoms with E-state index in [0.29, 0.717) is 24.5 Å². The molecule has 1 spiro atoms. The van der Waals surface area contributed by atoms with E-state index in [2.05, 4.69) is 5.32 Å². The molecule has 166 valence electrons. The van der Waals surface area contributed by atoms with Gasteiger partial charge >= 0.3 is 6.03 Å². The molecular weight excluding hydrogens is 406 g/mol. The molecule has 1 saturated heterocycles. The number of amides is 4. The van der Waals surface area contributed by atoms with Gasteiger partial charge in [-0.2, -0.15) is 0 Å². The lowest BCUT2D eigenvalue weighted by atomic mass is 9.73. The van der Waals surface area contributed by atoms with Gasteiger partial charge in [-0.15, -0.1) is 0 Å². The second kappa shape index (κ2) is 7.97. The molecule has 7 heteroatoms. The lowest BCUT2D eigenvalue weighted by Crippen LogP contribution is -2.54. The maximum atomic E-state index is 13.6. The van der Waals surface area contributed by atoms with Gasteiger partial charge in [-0.25, -0.2) is 4.79 Å². The minimum Gasteiger partial charge on any atom is -0.489 e. The summed E-state index contributed by atoms with van der Waals surface area (Å²) in [6, 6.07) is 16.2. The maximum Gasteiger partial charge on any atom is 0.325 e. The third-order valence-corrected chi connectivity index (χ3v) is 7.08. The molecule has 0 bridgehead atoms. The standard InChI is InChI=1S/C25H27N3O4/c1-17-9-7-8-14-25(17)23(30)27(24(31)26-25)15-22(29)28-19-12-5-6-13-21(19)32-16-20(28)18-10-3-2-4-11-18/h2-6,10-13,17,20H,7-9,14-16H2,1H3,(H,26,31)/t17-,20+,25+/m1/s1. The van der Waals surface area contributed by atoms with Crippen LogP contribution in [0.4, 0.5) is 10.5 Å². The molecule has 32 heavy (non-hydrogen) atoms. The third-order valence-electron chi connectivity index (χ3n) is 7.08. The minimum atomic E-state index is -0.878. The first-order chi connectivity index (χ1) is 15.5. The van der Waals surface area contributed by atoms with E-state index in [1.54, 1.807) is 4.90 Å². The van der Waals surface area contributed by atoms with Gasteiger partial charge in [0, 0.05) is 0 Å². The second-order valence-electron chi connectivity index (χ2n) is 8.91. The van der Waals surface area contributed by atoms with Gasteiger partial charge in [0.2, 0.25) is 5.91 Å². The quantitative estimate of drug-likeness (QED) is 0.750. The summed E-state index contributed by atoms with van der Waals surface area (Å²) in [5, 5.41) is 2.93. The zero-order chi connectivity index (χ0) is 22.3. The lowest BCUT2D eigenvalue weighted by molar-refractivity contribution is -0.137. The maximum absolute atomic E-state index is 13.6. The van der Waals surface area contributed by atoms with Crippen LogP contribution in [0, 0.1) is 5.92 Å². The summed E-state index contributed by atoms with van der Waals surface area (Å²) in [4.78, 5) is 42.6. The third kappa shape index (κ3) is 3.23. The Hall–Kier alpha value is -3.35. The Balaban J connectivity index is 1.45. The summed E-state index contributed by atoms with van der Waals surface area (Å²) >= 11 is 0. The fourth-order valence-electron chi connectivity index (χ4n) is 5.27. The highest BCUT2D eigenvalue weighted by atomic mass is 16.5. The van der Waals surface area contributed by atoms with E-state index in [-0.39, 0.29) is 30.3 Å². The van der Waals surface area contributed by atoms with Crippen molar-refractivity contribution in [2.45, 2.75) is 44.2 Å². The Morgan fingerprint density at radius 1 is 1.09 bits per heavy atom. The molecule has 5 rings (SSSR count). The van der Waals surface area contributed by atoms with Gasteiger partial charge in [0.25, 0.3) is 5.91 Å². The van der Waals surface area contributed by atoms with Crippen LogP contribution in [0.1, 0.15) is 44.2 Å². The predicted molar refractivity (Wildman–Crippen MR) is 119 cm³/mol. The van der Waals surface area contributed by atoms with Crippen LogP contribution in [0.5, 0.6) is 5.75 Å². The Labute approximate surface area is 187 Å². The fourth-order valence-corrected chi connectivity index (χ4v) is 5.27. The molecule has 0 unspecified atom stereocenters. The van der Waals surface area contributed by atoms with Gasteiger partial charge < -0.3 is 10.1 Å². The van der Waals surface area contributed by atoms with E-state index < -0.39 is 11.6 Å². The highest BCUT2D eigenvalue weighted by molar-refractivity contribution is 6.11. The van der Waals surface area contributed by atoms with Gasteiger partial charge in [-0.3, -0.25) is 19.4 Å². The smallest absolute Gasteiger partial charge is 0.325 e. The van der Waals surface area contributed by atoms with Gasteiger partial charge in [0.05, 0.1) is 11.7 Å². The number of anilines is 1. The second-order valence-corrected chi connectivity index (χ2v) is 8.91. The van der Waals surface area contributed by atoms with Gasteiger partial charge in [-0.05, 0) is 36.5 Å². The molecular formula is C25H27N3O4. The molecule has 1 N–H and O–H groups in total. The highest BCUT2D eigenvalue weighted by Crippen LogP contribution is 2.41. The number of urea groups is 1. The van der Waals surface area contributed by atoms with E-state index >= 15 is 0 Å². The molecule has 2 aromatic rings. The van der Waals surface area contributed by atoms with Crippen LogP contribution < -0.4 is 15.0 Å². The summed E-state index contributed by atoms with van der Waals surface area (Å²) in [7, 11) is 0. The minimum absolute atomic E-state index is 0.0500. The number of nitrogens with zero attached hydrogens (tertiary/aromatic N) is 2. The van der Waals surface area contributed by atoms with Crippen molar-refractivity contribution in [1.82, 2.24) is 10.2 Å². The molecule has 3 aliphatic rings. The molecule has 4 amide bonds. The normalized spacial score (nSPS) is 27.2. The van der Waals surface area contributed by atoms with Gasteiger partial charge in [-0.1, -0.05) is 62.2 Å². The topological polar surface area (TPSA) is 79.0 Å². The Kier molecular flexibility index (Phi) is 5.12. The van der Waals surface area contributed by atoms with Crippen molar-refractivity contribution in [2.75, 3.05) is 18.1 Å². The molecule has 2 aliphatic heterocycles. The first-order valence-electron chi connectivity index (χ1n) is 11.2. The summed E-state index contributed by atoms with van der Waals surface area (Å²) in [6.45, 7) is 2.01. The number of imide groups is 1. The van der Waals surface area contributed by atoms with Crippen LogP contribution in [0.2, 0.25) is 0 Å². The molecule has 2 aromatic carbocycles. The average Bonchev–Trinajstić information content (AvgIpc) is 3.05. The number of hydrogen-bond acceptors (Lipinski definition) is 4. The van der Waals surface area contributed by atoms with E-state index in [4.69, 9.17) is 4.74 Å². The largest absolute Gasteiger partial charge is 0.489 e. The first kappa shape index (κ1) is 20.5. The van der Waals surface area contributed by atoms with Crippen molar-refractivity contribution < 1.29 is 19.1 Å². The van der Waals surface area contributed by atoms with Crippen molar-refractivity contribution >= 4 is 23.5 Å². The number of ether oxygens (including phenoxy) is 1. The highest BCUT2D eigenvalue weighted by Gasteiger charge is 2.55. The summed E-state index contributed by atoms with van der Waals surface area (Å²) in [5.41, 5.74) is 0.701. The van der Waals surface area contributed by atoms with Gasteiger partial charge in [0.15, 0.2) is 0 Å². The zero-order valence-electron chi connectivity index (χ0n) is 18.1. The van der Waals surface area contributed by atoms with Crippen molar-refractivity contribution in [3.8, 4) is 5.75 Å². The molecule has 1 aliphatic carbocycles. The molecule has 2 heterocycles. The van der Waals surface area contributed by atoms with E-state index in [0.717, 1.165) is 29.7 Å². The summed E-state index contributed by atoms with van der Waals surface area (Å²) < 4.78 is 5.93. The van der Waals surface area contributed by atoms with Crippen LogP contribution in [0.15, 0.2) is 54.6 Å². The number of carbonyl (C=O) groups is 3. The predicted octanol–water partition coefficient (Wildman–Crippen LogP) is 3.65. The number of hydrogen-bond donors (Lipinski definition) is 1.